The predicted octanol–water partition coefficient (Wildman–Crippen LogP) is 0.903. The Morgan fingerprint density at radius 2 is 1.87 bits per heavy atom. The molecule has 0 aromatic heterocycles. The second kappa shape index (κ2) is 9.47. The molecule has 0 saturated carbocycles. The summed E-state index contributed by atoms with van der Waals surface area (Å²) in [4.78, 5) is 53.6. The summed E-state index contributed by atoms with van der Waals surface area (Å²) in [6, 6.07) is 7.74. The molecule has 0 aliphatic carbocycles. The van der Waals surface area contributed by atoms with Crippen molar-refractivity contribution in [1.29, 1.82) is 0 Å². The van der Waals surface area contributed by atoms with E-state index in [1.807, 2.05) is 6.07 Å². The molecule has 4 amide bonds. The zero-order valence-electron chi connectivity index (χ0n) is 18.3. The van der Waals surface area contributed by atoms with Crippen LogP contribution in [-0.4, -0.2) is 83.4 Å². The first kappa shape index (κ1) is 22.7. The van der Waals surface area contributed by atoms with Crippen molar-refractivity contribution < 1.29 is 23.9 Å². The number of ether oxygens (including phenoxy) is 1. The molecule has 3 rings (SSSR count). The zero-order chi connectivity index (χ0) is 22.6. The zero-order valence-corrected chi connectivity index (χ0v) is 18.3. The van der Waals surface area contributed by atoms with Gasteiger partial charge in [-0.1, -0.05) is 36.8 Å². The average molecular weight is 431 g/mol. The highest BCUT2D eigenvalue weighted by molar-refractivity contribution is 6.08. The largest absolute Gasteiger partial charge is 0.454 e. The summed E-state index contributed by atoms with van der Waals surface area (Å²) in [5.41, 5.74) is 1.46. The summed E-state index contributed by atoms with van der Waals surface area (Å²) in [5, 5.41) is 2.58. The van der Waals surface area contributed by atoms with Crippen LogP contribution in [0.25, 0.3) is 0 Å². The number of hydrogen-bond acceptors (Lipinski definition) is 6. The first-order chi connectivity index (χ1) is 14.7. The molecule has 2 saturated heterocycles. The van der Waals surface area contributed by atoms with Gasteiger partial charge in [0.25, 0.3) is 11.8 Å². The number of amides is 4. The van der Waals surface area contributed by atoms with Gasteiger partial charge in [0.2, 0.25) is 0 Å². The fraction of sp³-hybridized carbons (Fsp3) is 0.545. The van der Waals surface area contributed by atoms with Gasteiger partial charge in [-0.15, -0.1) is 0 Å². The SMILES string of the molecule is CCC1(C)NC(=O)N(CC(=O)OCC(=O)N2CCN(Cc3cccc(C)c3)CC2)C1=O. The van der Waals surface area contributed by atoms with E-state index in [0.29, 0.717) is 19.5 Å². The van der Waals surface area contributed by atoms with E-state index in [-0.39, 0.29) is 5.91 Å². The van der Waals surface area contributed by atoms with Crippen LogP contribution in [0, 0.1) is 6.92 Å². The molecule has 1 N–H and O–H groups in total. The van der Waals surface area contributed by atoms with E-state index in [2.05, 4.69) is 35.3 Å². The van der Waals surface area contributed by atoms with Crippen molar-refractivity contribution in [1.82, 2.24) is 20.0 Å². The number of benzene rings is 1. The molecule has 1 aromatic rings. The summed E-state index contributed by atoms with van der Waals surface area (Å²) in [5.74, 6) is -1.53. The maximum absolute atomic E-state index is 12.4. The van der Waals surface area contributed by atoms with Gasteiger partial charge in [0.15, 0.2) is 6.61 Å². The summed E-state index contributed by atoms with van der Waals surface area (Å²) in [6.45, 7) is 7.99. The number of carbonyl (C=O) groups is 4. The molecular weight excluding hydrogens is 400 g/mol. The molecule has 31 heavy (non-hydrogen) atoms. The van der Waals surface area contributed by atoms with Gasteiger partial charge in [-0.05, 0) is 25.8 Å². The Hall–Kier alpha value is -2.94. The van der Waals surface area contributed by atoms with Gasteiger partial charge < -0.3 is 15.0 Å². The molecular formula is C22H30N4O5. The standard InChI is InChI=1S/C22H30N4O5/c1-4-22(3)20(29)26(21(30)23-22)14-19(28)31-15-18(27)25-10-8-24(9-11-25)13-17-7-5-6-16(2)12-17/h5-7,12H,4,8-11,13-15H2,1-3H3,(H,23,30). The molecule has 1 aromatic carbocycles. The molecule has 2 aliphatic rings. The van der Waals surface area contributed by atoms with Crippen molar-refractivity contribution in [3.8, 4) is 0 Å². The maximum atomic E-state index is 12.4. The lowest BCUT2D eigenvalue weighted by atomic mass is 9.99. The Morgan fingerprint density at radius 1 is 1.16 bits per heavy atom. The molecule has 0 radical (unpaired) electrons. The van der Waals surface area contributed by atoms with Crippen LogP contribution >= 0.6 is 0 Å². The van der Waals surface area contributed by atoms with Gasteiger partial charge in [-0.2, -0.15) is 0 Å². The van der Waals surface area contributed by atoms with Gasteiger partial charge in [-0.3, -0.25) is 24.2 Å². The Kier molecular flexibility index (Phi) is 6.94. The fourth-order valence-electron chi connectivity index (χ4n) is 3.76. The number of carbonyl (C=O) groups excluding carboxylic acids is 4. The van der Waals surface area contributed by atoms with Gasteiger partial charge in [-0.25, -0.2) is 4.79 Å². The Balaban J connectivity index is 1.41. The summed E-state index contributed by atoms with van der Waals surface area (Å²) >= 11 is 0. The van der Waals surface area contributed by atoms with Gasteiger partial charge in [0.1, 0.15) is 12.1 Å². The Morgan fingerprint density at radius 3 is 2.48 bits per heavy atom. The normalized spacial score (nSPS) is 21.9. The molecule has 168 valence electrons. The number of nitrogens with one attached hydrogen (secondary N) is 1. The lowest BCUT2D eigenvalue weighted by Crippen LogP contribution is -2.49. The van der Waals surface area contributed by atoms with Crippen LogP contribution in [0.15, 0.2) is 24.3 Å². The van der Waals surface area contributed by atoms with Gasteiger partial charge in [0, 0.05) is 32.7 Å². The lowest BCUT2D eigenvalue weighted by molar-refractivity contribution is -0.154. The van der Waals surface area contributed by atoms with Crippen LogP contribution in [0.4, 0.5) is 4.79 Å². The summed E-state index contributed by atoms with van der Waals surface area (Å²) in [6.07, 6.45) is 0.414. The number of piperazine rings is 1. The second-order valence-corrected chi connectivity index (χ2v) is 8.31. The van der Waals surface area contributed by atoms with E-state index in [1.165, 1.54) is 11.1 Å². The third-order valence-corrected chi connectivity index (χ3v) is 5.91. The molecule has 2 fully saturated rings. The number of esters is 1. The summed E-state index contributed by atoms with van der Waals surface area (Å²) in [7, 11) is 0. The van der Waals surface area contributed by atoms with E-state index < -0.39 is 36.6 Å². The van der Waals surface area contributed by atoms with E-state index >= 15 is 0 Å². The number of urea groups is 1. The van der Waals surface area contributed by atoms with Crippen molar-refractivity contribution >= 4 is 23.8 Å². The number of rotatable bonds is 7. The van der Waals surface area contributed by atoms with Crippen molar-refractivity contribution in [3.63, 3.8) is 0 Å². The highest BCUT2D eigenvalue weighted by Gasteiger charge is 2.47. The molecule has 1 atom stereocenters. The highest BCUT2D eigenvalue weighted by Crippen LogP contribution is 2.20. The molecule has 9 heteroatoms. The van der Waals surface area contributed by atoms with Crippen molar-refractivity contribution in [2.24, 2.45) is 0 Å². The topological polar surface area (TPSA) is 99.3 Å². The molecule has 9 nitrogen and oxygen atoms in total. The molecule has 1 unspecified atom stereocenters. The smallest absolute Gasteiger partial charge is 0.326 e. The number of imide groups is 1. The average Bonchev–Trinajstić information content (AvgIpc) is 2.96. The monoisotopic (exact) mass is 430 g/mol. The van der Waals surface area contributed by atoms with Crippen LogP contribution in [-0.2, 0) is 25.7 Å². The molecule has 0 bridgehead atoms. The minimum Gasteiger partial charge on any atom is -0.454 e. The van der Waals surface area contributed by atoms with Crippen molar-refractivity contribution in [2.75, 3.05) is 39.3 Å². The van der Waals surface area contributed by atoms with Gasteiger partial charge in [0.05, 0.1) is 0 Å². The Labute approximate surface area is 182 Å². The maximum Gasteiger partial charge on any atom is 0.326 e. The molecule has 0 spiro atoms. The number of nitrogens with zero attached hydrogens (tertiary/aromatic N) is 3. The van der Waals surface area contributed by atoms with E-state index in [1.54, 1.807) is 18.7 Å². The second-order valence-electron chi connectivity index (χ2n) is 8.31. The minimum atomic E-state index is -1.01. The summed E-state index contributed by atoms with van der Waals surface area (Å²) < 4.78 is 5.04. The lowest BCUT2D eigenvalue weighted by Gasteiger charge is -2.34. The molecule has 2 heterocycles. The van der Waals surface area contributed by atoms with E-state index in [4.69, 9.17) is 4.74 Å². The fourth-order valence-corrected chi connectivity index (χ4v) is 3.76. The van der Waals surface area contributed by atoms with Crippen LogP contribution in [0.5, 0.6) is 0 Å². The van der Waals surface area contributed by atoms with Crippen molar-refractivity contribution in [3.05, 3.63) is 35.4 Å². The van der Waals surface area contributed by atoms with Crippen LogP contribution in [0.1, 0.15) is 31.4 Å². The highest BCUT2D eigenvalue weighted by atomic mass is 16.5. The van der Waals surface area contributed by atoms with Crippen LogP contribution in [0.3, 0.4) is 0 Å². The third kappa shape index (κ3) is 5.41. The van der Waals surface area contributed by atoms with Crippen LogP contribution < -0.4 is 5.32 Å². The quantitative estimate of drug-likeness (QED) is 0.510. The predicted molar refractivity (Wildman–Crippen MR) is 113 cm³/mol. The molecule has 2 aliphatic heterocycles. The van der Waals surface area contributed by atoms with Gasteiger partial charge >= 0.3 is 12.0 Å². The first-order valence-corrected chi connectivity index (χ1v) is 10.6. The third-order valence-electron chi connectivity index (χ3n) is 5.91. The van der Waals surface area contributed by atoms with Crippen LogP contribution in [0.2, 0.25) is 0 Å². The number of hydrogen-bond donors (Lipinski definition) is 1. The Bertz CT molecular complexity index is 865. The van der Waals surface area contributed by atoms with E-state index in [0.717, 1.165) is 24.5 Å². The minimum absolute atomic E-state index is 0.279. The van der Waals surface area contributed by atoms with Crippen molar-refractivity contribution in [2.45, 2.75) is 39.3 Å². The van der Waals surface area contributed by atoms with E-state index in [9.17, 15) is 19.2 Å². The first-order valence-electron chi connectivity index (χ1n) is 10.6. The number of aryl methyl sites for hydroxylation is 1.